The molecule has 1 saturated heterocycles. The Labute approximate surface area is 98.3 Å². The summed E-state index contributed by atoms with van der Waals surface area (Å²) in [5.74, 6) is 0. The smallest absolute Gasteiger partial charge is 0.409 e. The first-order valence-electron chi connectivity index (χ1n) is 6.39. The summed E-state index contributed by atoms with van der Waals surface area (Å²) in [4.78, 5) is 13.4. The highest BCUT2D eigenvalue weighted by Gasteiger charge is 2.16. The number of amides is 1. The Bertz CT molecular complexity index is 189. The topological polar surface area (TPSA) is 43.6 Å². The SMILES string of the molecule is CCCCCCOC(=O)N1CCC[N]CC1. The van der Waals surface area contributed by atoms with Crippen LogP contribution in [0.4, 0.5) is 4.79 Å². The van der Waals surface area contributed by atoms with E-state index in [9.17, 15) is 4.79 Å². The number of nitrogens with zero attached hydrogens (tertiary/aromatic N) is 2. The molecule has 1 amide bonds. The van der Waals surface area contributed by atoms with E-state index in [1.165, 1.54) is 12.8 Å². The number of carbonyl (C=O) groups excluding carboxylic acids is 1. The summed E-state index contributed by atoms with van der Waals surface area (Å²) in [6.45, 7) is 5.87. The van der Waals surface area contributed by atoms with E-state index in [1.807, 2.05) is 0 Å². The van der Waals surface area contributed by atoms with E-state index in [1.54, 1.807) is 4.90 Å². The number of rotatable bonds is 5. The molecule has 0 aromatic carbocycles. The lowest BCUT2D eigenvalue weighted by Crippen LogP contribution is -2.34. The molecule has 0 bridgehead atoms. The summed E-state index contributed by atoms with van der Waals surface area (Å²) in [6.07, 6.45) is 5.37. The summed E-state index contributed by atoms with van der Waals surface area (Å²) in [5, 5.41) is 4.27. The highest BCUT2D eigenvalue weighted by Crippen LogP contribution is 2.03. The molecule has 1 fully saturated rings. The zero-order valence-corrected chi connectivity index (χ0v) is 10.3. The van der Waals surface area contributed by atoms with E-state index in [2.05, 4.69) is 12.2 Å². The lowest BCUT2D eigenvalue weighted by atomic mass is 10.2. The van der Waals surface area contributed by atoms with Crippen LogP contribution >= 0.6 is 0 Å². The minimum absolute atomic E-state index is 0.159. The average Bonchev–Trinajstić information content (AvgIpc) is 2.57. The molecule has 93 valence electrons. The summed E-state index contributed by atoms with van der Waals surface area (Å²) < 4.78 is 5.23. The minimum atomic E-state index is -0.159. The molecule has 1 heterocycles. The first-order chi connectivity index (χ1) is 7.84. The first kappa shape index (κ1) is 13.3. The van der Waals surface area contributed by atoms with Crippen LogP contribution in [-0.4, -0.2) is 43.8 Å². The molecule has 0 saturated carbocycles. The van der Waals surface area contributed by atoms with Crippen LogP contribution in [0.3, 0.4) is 0 Å². The molecule has 0 spiro atoms. The second kappa shape index (κ2) is 8.39. The van der Waals surface area contributed by atoms with Gasteiger partial charge in [-0.3, -0.25) is 0 Å². The zero-order valence-electron chi connectivity index (χ0n) is 10.3. The number of carbonyl (C=O) groups is 1. The first-order valence-corrected chi connectivity index (χ1v) is 6.39. The van der Waals surface area contributed by atoms with Gasteiger partial charge in [0.05, 0.1) is 6.61 Å². The molecular formula is C12H23N2O2. The molecule has 0 atom stereocenters. The van der Waals surface area contributed by atoms with Crippen molar-refractivity contribution in [3.63, 3.8) is 0 Å². The summed E-state index contributed by atoms with van der Waals surface area (Å²) in [5.41, 5.74) is 0. The molecular weight excluding hydrogens is 204 g/mol. The van der Waals surface area contributed by atoms with Crippen molar-refractivity contribution in [2.45, 2.75) is 39.0 Å². The van der Waals surface area contributed by atoms with Gasteiger partial charge >= 0.3 is 6.09 Å². The highest BCUT2D eigenvalue weighted by atomic mass is 16.6. The molecule has 16 heavy (non-hydrogen) atoms. The van der Waals surface area contributed by atoms with E-state index in [4.69, 9.17) is 4.74 Å². The predicted octanol–water partition coefficient (Wildman–Crippen LogP) is 2.01. The van der Waals surface area contributed by atoms with Crippen molar-refractivity contribution in [3.8, 4) is 0 Å². The fourth-order valence-corrected chi connectivity index (χ4v) is 1.75. The maximum Gasteiger partial charge on any atom is 0.409 e. The molecule has 0 aromatic heterocycles. The number of hydrogen-bond donors (Lipinski definition) is 0. The Morgan fingerprint density at radius 2 is 2.12 bits per heavy atom. The van der Waals surface area contributed by atoms with Gasteiger partial charge in [-0.1, -0.05) is 26.2 Å². The second-order valence-corrected chi connectivity index (χ2v) is 4.19. The third-order valence-corrected chi connectivity index (χ3v) is 2.75. The maximum atomic E-state index is 11.6. The highest BCUT2D eigenvalue weighted by molar-refractivity contribution is 5.67. The monoisotopic (exact) mass is 227 g/mol. The molecule has 0 N–H and O–H groups in total. The molecule has 4 heteroatoms. The van der Waals surface area contributed by atoms with Crippen molar-refractivity contribution >= 4 is 6.09 Å². The van der Waals surface area contributed by atoms with Crippen LogP contribution in [0.5, 0.6) is 0 Å². The van der Waals surface area contributed by atoms with Crippen molar-refractivity contribution in [3.05, 3.63) is 0 Å². The maximum absolute atomic E-state index is 11.6. The lowest BCUT2D eigenvalue weighted by molar-refractivity contribution is 0.103. The van der Waals surface area contributed by atoms with E-state index in [-0.39, 0.29) is 6.09 Å². The van der Waals surface area contributed by atoms with Gasteiger partial charge in [-0.15, -0.1) is 0 Å². The quantitative estimate of drug-likeness (QED) is 0.674. The van der Waals surface area contributed by atoms with Crippen molar-refractivity contribution in [1.82, 2.24) is 10.2 Å². The molecule has 1 aliphatic heterocycles. The van der Waals surface area contributed by atoms with E-state index in [0.29, 0.717) is 13.2 Å². The number of ether oxygens (including phenoxy) is 1. The van der Waals surface area contributed by atoms with E-state index >= 15 is 0 Å². The summed E-state index contributed by atoms with van der Waals surface area (Å²) in [6, 6.07) is 0. The largest absolute Gasteiger partial charge is 0.449 e. The van der Waals surface area contributed by atoms with Crippen molar-refractivity contribution in [1.29, 1.82) is 0 Å². The van der Waals surface area contributed by atoms with Gasteiger partial charge in [0.15, 0.2) is 0 Å². The van der Waals surface area contributed by atoms with Gasteiger partial charge in [0.2, 0.25) is 0 Å². The Morgan fingerprint density at radius 1 is 1.25 bits per heavy atom. The van der Waals surface area contributed by atoms with Gasteiger partial charge < -0.3 is 9.64 Å². The van der Waals surface area contributed by atoms with Crippen molar-refractivity contribution in [2.24, 2.45) is 0 Å². The standard InChI is InChI=1S/C12H23N2O2/c1-2-3-4-5-11-16-12(15)14-9-6-7-13-8-10-14/h2-11H2,1H3. The van der Waals surface area contributed by atoms with Crippen LogP contribution in [0.25, 0.3) is 0 Å². The van der Waals surface area contributed by atoms with Crippen LogP contribution < -0.4 is 5.32 Å². The third-order valence-electron chi connectivity index (χ3n) is 2.75. The van der Waals surface area contributed by atoms with Gasteiger partial charge in [-0.25, -0.2) is 10.1 Å². The second-order valence-electron chi connectivity index (χ2n) is 4.19. The van der Waals surface area contributed by atoms with Crippen molar-refractivity contribution < 1.29 is 9.53 Å². The van der Waals surface area contributed by atoms with Gasteiger partial charge in [0, 0.05) is 26.2 Å². The van der Waals surface area contributed by atoms with Crippen molar-refractivity contribution in [2.75, 3.05) is 32.8 Å². The lowest BCUT2D eigenvalue weighted by Gasteiger charge is -2.19. The summed E-state index contributed by atoms with van der Waals surface area (Å²) >= 11 is 0. The zero-order chi connectivity index (χ0) is 11.6. The van der Waals surface area contributed by atoms with Crippen LogP contribution in [0.15, 0.2) is 0 Å². The van der Waals surface area contributed by atoms with Crippen LogP contribution in [0, 0.1) is 0 Å². The predicted molar refractivity (Wildman–Crippen MR) is 63.5 cm³/mol. The summed E-state index contributed by atoms with van der Waals surface area (Å²) in [7, 11) is 0. The molecule has 1 aliphatic rings. The Kier molecular flexibility index (Phi) is 6.97. The molecule has 4 nitrogen and oxygen atoms in total. The van der Waals surface area contributed by atoms with Gasteiger partial charge in [-0.05, 0) is 12.8 Å². The van der Waals surface area contributed by atoms with Crippen LogP contribution in [-0.2, 0) is 4.74 Å². The average molecular weight is 227 g/mol. The molecule has 1 rings (SSSR count). The normalized spacial score (nSPS) is 16.9. The van der Waals surface area contributed by atoms with Gasteiger partial charge in [0.25, 0.3) is 0 Å². The third kappa shape index (κ3) is 5.35. The Hall–Kier alpha value is -0.770. The molecule has 0 aliphatic carbocycles. The van der Waals surface area contributed by atoms with Gasteiger partial charge in [-0.2, -0.15) is 0 Å². The minimum Gasteiger partial charge on any atom is -0.449 e. The molecule has 0 unspecified atom stereocenters. The van der Waals surface area contributed by atoms with Gasteiger partial charge in [0.1, 0.15) is 0 Å². The van der Waals surface area contributed by atoms with E-state index in [0.717, 1.165) is 38.9 Å². The molecule has 0 aromatic rings. The Balaban J connectivity index is 2.08. The fraction of sp³-hybridized carbons (Fsp3) is 0.917. The van der Waals surface area contributed by atoms with E-state index < -0.39 is 0 Å². The van der Waals surface area contributed by atoms with Crippen LogP contribution in [0.2, 0.25) is 0 Å². The number of hydrogen-bond acceptors (Lipinski definition) is 2. The Morgan fingerprint density at radius 3 is 2.94 bits per heavy atom. The fourth-order valence-electron chi connectivity index (χ4n) is 1.75. The van der Waals surface area contributed by atoms with Crippen LogP contribution in [0.1, 0.15) is 39.0 Å². The number of unbranched alkanes of at least 4 members (excludes halogenated alkanes) is 3. The molecule has 1 radical (unpaired) electrons.